The van der Waals surface area contributed by atoms with Crippen molar-refractivity contribution >= 4 is 11.8 Å². The molecule has 0 radical (unpaired) electrons. The van der Waals surface area contributed by atoms with Gasteiger partial charge < -0.3 is 4.74 Å². The van der Waals surface area contributed by atoms with Crippen LogP contribution < -0.4 is 0 Å². The second kappa shape index (κ2) is 11.6. The van der Waals surface area contributed by atoms with Crippen molar-refractivity contribution in [2.24, 2.45) is 5.92 Å². The summed E-state index contributed by atoms with van der Waals surface area (Å²) < 4.78 is 4.61. The number of carbonyl (C=O) groups excluding carboxylic acids is 2. The number of methoxy groups -OCH3 is 1. The molecule has 0 heterocycles. The second-order valence-corrected chi connectivity index (χ2v) is 5.71. The normalized spacial score (nSPS) is 19.5. The number of carbonyl (C=O) groups is 2. The highest BCUT2D eigenvalue weighted by atomic mass is 16.5. The Morgan fingerprint density at radius 2 is 2.00 bits per heavy atom. The zero-order chi connectivity index (χ0) is 16.9. The van der Waals surface area contributed by atoms with Gasteiger partial charge in [-0.1, -0.05) is 49.3 Å². The molecule has 0 aromatic rings. The molecule has 3 heteroatoms. The standard InChI is InChI=1S/C20H28O3/c1-3-4-13-18-17(15-16-19(18)21)12-10-8-6-5-7-9-11-14-20(22)23-2/h3-4,8,10,13,15-17H,5-7,9,11-12,14H2,1-2H3/b4-3+,10-8-,18-13+/t17-/m0/s1. The molecule has 0 fully saturated rings. The number of esters is 1. The van der Waals surface area contributed by atoms with E-state index in [0.29, 0.717) is 6.42 Å². The van der Waals surface area contributed by atoms with Crippen molar-refractivity contribution in [3.63, 3.8) is 0 Å². The smallest absolute Gasteiger partial charge is 0.305 e. The van der Waals surface area contributed by atoms with E-state index in [1.54, 1.807) is 6.08 Å². The van der Waals surface area contributed by atoms with E-state index in [-0.39, 0.29) is 17.7 Å². The first-order valence-corrected chi connectivity index (χ1v) is 8.46. The van der Waals surface area contributed by atoms with Crippen LogP contribution in [0.2, 0.25) is 0 Å². The molecule has 0 aliphatic heterocycles. The first-order chi connectivity index (χ1) is 11.2. The molecule has 0 saturated carbocycles. The summed E-state index contributed by atoms with van der Waals surface area (Å²) in [5.41, 5.74) is 0.885. The highest BCUT2D eigenvalue weighted by molar-refractivity contribution is 6.07. The summed E-state index contributed by atoms with van der Waals surface area (Å²) in [5.74, 6) is 0.230. The molecule has 0 saturated heterocycles. The monoisotopic (exact) mass is 316 g/mol. The molecule has 0 amide bonds. The van der Waals surface area contributed by atoms with Crippen LogP contribution in [0.4, 0.5) is 0 Å². The fourth-order valence-electron chi connectivity index (χ4n) is 2.55. The van der Waals surface area contributed by atoms with Crippen molar-refractivity contribution in [2.45, 2.75) is 51.9 Å². The van der Waals surface area contributed by atoms with Crippen LogP contribution in [0.3, 0.4) is 0 Å². The Morgan fingerprint density at radius 3 is 2.74 bits per heavy atom. The summed E-state index contributed by atoms with van der Waals surface area (Å²) in [6, 6.07) is 0. The minimum Gasteiger partial charge on any atom is -0.469 e. The maximum atomic E-state index is 11.7. The number of allylic oxidation sites excluding steroid dienone is 8. The Morgan fingerprint density at radius 1 is 1.22 bits per heavy atom. The fourth-order valence-corrected chi connectivity index (χ4v) is 2.55. The van der Waals surface area contributed by atoms with Crippen molar-refractivity contribution in [2.75, 3.05) is 7.11 Å². The second-order valence-electron chi connectivity index (χ2n) is 5.71. The molecule has 0 bridgehead atoms. The lowest BCUT2D eigenvalue weighted by Crippen LogP contribution is -2.01. The third-order valence-corrected chi connectivity index (χ3v) is 3.92. The molecule has 1 rings (SSSR count). The third-order valence-electron chi connectivity index (χ3n) is 3.92. The summed E-state index contributed by atoms with van der Waals surface area (Å²) >= 11 is 0. The van der Waals surface area contributed by atoms with Gasteiger partial charge in [0, 0.05) is 17.9 Å². The minimum atomic E-state index is -0.120. The Bertz CT molecular complexity index is 495. The van der Waals surface area contributed by atoms with Crippen LogP contribution >= 0.6 is 0 Å². The van der Waals surface area contributed by atoms with Gasteiger partial charge in [-0.25, -0.2) is 0 Å². The predicted molar refractivity (Wildman–Crippen MR) is 94.0 cm³/mol. The number of ether oxygens (including phenoxy) is 1. The predicted octanol–water partition coefficient (Wildman–Crippen LogP) is 4.70. The van der Waals surface area contributed by atoms with Crippen LogP contribution in [-0.2, 0) is 14.3 Å². The van der Waals surface area contributed by atoms with Gasteiger partial charge in [0.1, 0.15) is 0 Å². The fraction of sp³-hybridized carbons (Fsp3) is 0.500. The van der Waals surface area contributed by atoms with Gasteiger partial charge in [0.25, 0.3) is 0 Å². The summed E-state index contributed by atoms with van der Waals surface area (Å²) in [6.45, 7) is 1.95. The molecule has 126 valence electrons. The number of rotatable bonds is 10. The van der Waals surface area contributed by atoms with Gasteiger partial charge in [0.2, 0.25) is 0 Å². The molecule has 1 atom stereocenters. The Balaban J connectivity index is 2.15. The SMILES string of the molecule is C/C=C/C=C1/C(=O)C=C[C@@H]1C/C=C\CCCCCCC(=O)OC. The average molecular weight is 316 g/mol. The van der Waals surface area contributed by atoms with Crippen LogP contribution in [0.25, 0.3) is 0 Å². The van der Waals surface area contributed by atoms with Crippen LogP contribution in [0.15, 0.2) is 48.1 Å². The van der Waals surface area contributed by atoms with Crippen molar-refractivity contribution in [3.05, 3.63) is 48.1 Å². The summed E-state index contributed by atoms with van der Waals surface area (Å²) in [6.07, 6.45) is 20.5. The molecule has 23 heavy (non-hydrogen) atoms. The Labute approximate surface area is 139 Å². The molecular weight excluding hydrogens is 288 g/mol. The Hall–Kier alpha value is -1.90. The summed E-state index contributed by atoms with van der Waals surface area (Å²) in [7, 11) is 1.43. The molecule has 0 aromatic heterocycles. The molecule has 0 spiro atoms. The van der Waals surface area contributed by atoms with Crippen molar-refractivity contribution < 1.29 is 14.3 Å². The van der Waals surface area contributed by atoms with E-state index in [1.165, 1.54) is 7.11 Å². The maximum absolute atomic E-state index is 11.7. The van der Waals surface area contributed by atoms with E-state index in [9.17, 15) is 9.59 Å². The van der Waals surface area contributed by atoms with Gasteiger partial charge in [0.05, 0.1) is 7.11 Å². The molecule has 0 aromatic carbocycles. The Kier molecular flexibility index (Phi) is 9.69. The lowest BCUT2D eigenvalue weighted by molar-refractivity contribution is -0.140. The van der Waals surface area contributed by atoms with E-state index in [0.717, 1.165) is 44.1 Å². The highest BCUT2D eigenvalue weighted by Gasteiger charge is 2.20. The van der Waals surface area contributed by atoms with E-state index in [1.807, 2.05) is 31.2 Å². The molecular formula is C20H28O3. The largest absolute Gasteiger partial charge is 0.469 e. The zero-order valence-corrected chi connectivity index (χ0v) is 14.3. The lowest BCUT2D eigenvalue weighted by atomic mass is 9.97. The first-order valence-electron chi connectivity index (χ1n) is 8.46. The van der Waals surface area contributed by atoms with Crippen LogP contribution in [0.5, 0.6) is 0 Å². The van der Waals surface area contributed by atoms with Gasteiger partial charge in [0.15, 0.2) is 5.78 Å². The van der Waals surface area contributed by atoms with Gasteiger partial charge in [-0.05, 0) is 38.7 Å². The highest BCUT2D eigenvalue weighted by Crippen LogP contribution is 2.25. The molecule has 3 nitrogen and oxygen atoms in total. The summed E-state index contributed by atoms with van der Waals surface area (Å²) in [4.78, 5) is 22.7. The van der Waals surface area contributed by atoms with E-state index in [2.05, 4.69) is 16.9 Å². The molecule has 0 N–H and O–H groups in total. The van der Waals surface area contributed by atoms with Crippen LogP contribution in [0, 0.1) is 5.92 Å². The van der Waals surface area contributed by atoms with Gasteiger partial charge in [-0.3, -0.25) is 9.59 Å². The topological polar surface area (TPSA) is 43.4 Å². The van der Waals surface area contributed by atoms with Crippen molar-refractivity contribution in [3.8, 4) is 0 Å². The van der Waals surface area contributed by atoms with Gasteiger partial charge in [-0.2, -0.15) is 0 Å². The van der Waals surface area contributed by atoms with E-state index < -0.39 is 0 Å². The molecule has 1 aliphatic carbocycles. The quantitative estimate of drug-likeness (QED) is 0.254. The van der Waals surface area contributed by atoms with Gasteiger partial charge in [-0.15, -0.1) is 0 Å². The average Bonchev–Trinajstić information content (AvgIpc) is 2.91. The molecule has 0 unspecified atom stereocenters. The first kappa shape index (κ1) is 19.1. The number of hydrogen-bond acceptors (Lipinski definition) is 3. The van der Waals surface area contributed by atoms with Crippen molar-refractivity contribution in [1.82, 2.24) is 0 Å². The minimum absolute atomic E-state index is 0.120. The summed E-state index contributed by atoms with van der Waals surface area (Å²) in [5, 5.41) is 0. The maximum Gasteiger partial charge on any atom is 0.305 e. The molecule has 1 aliphatic rings. The van der Waals surface area contributed by atoms with E-state index in [4.69, 9.17) is 0 Å². The van der Waals surface area contributed by atoms with Gasteiger partial charge >= 0.3 is 5.97 Å². The number of hydrogen-bond donors (Lipinski definition) is 0. The van der Waals surface area contributed by atoms with Crippen LogP contribution in [-0.4, -0.2) is 18.9 Å². The number of ketones is 1. The number of unbranched alkanes of at least 4 members (excludes halogenated alkanes) is 4. The lowest BCUT2D eigenvalue weighted by Gasteiger charge is -2.06. The zero-order valence-electron chi connectivity index (χ0n) is 14.3. The van der Waals surface area contributed by atoms with Crippen LogP contribution in [0.1, 0.15) is 51.9 Å². The van der Waals surface area contributed by atoms with E-state index >= 15 is 0 Å². The van der Waals surface area contributed by atoms with Crippen molar-refractivity contribution in [1.29, 1.82) is 0 Å². The third kappa shape index (κ3) is 7.78.